The summed E-state index contributed by atoms with van der Waals surface area (Å²) >= 11 is 0. The second kappa shape index (κ2) is 2.45. The predicted molar refractivity (Wildman–Crippen MR) is 33.8 cm³/mol. The number of hydrogen-bond acceptors (Lipinski definition) is 2. The Labute approximate surface area is 68.8 Å². The second-order valence-electron chi connectivity index (χ2n) is 2.30. The van der Waals surface area contributed by atoms with Crippen molar-refractivity contribution in [2.75, 3.05) is 0 Å². The van der Waals surface area contributed by atoms with Crippen molar-refractivity contribution in [2.45, 2.75) is 0 Å². The van der Waals surface area contributed by atoms with E-state index in [2.05, 4.69) is 9.40 Å². The molecule has 68 valence electrons. The summed E-state index contributed by atoms with van der Waals surface area (Å²) in [5.74, 6) is -4.69. The summed E-state index contributed by atoms with van der Waals surface area (Å²) in [6.07, 6.45) is -1.33. The molecule has 0 fully saturated rings. The predicted octanol–water partition coefficient (Wildman–Crippen LogP) is 2.38. The molecule has 13 heavy (non-hydrogen) atoms. The lowest BCUT2D eigenvalue weighted by molar-refractivity contribution is 0.354. The Morgan fingerprint density at radius 1 is 1.08 bits per heavy atom. The van der Waals surface area contributed by atoms with Crippen LogP contribution in [0.5, 0.6) is 0 Å². The molecule has 0 N–H and O–H groups in total. The third-order valence-electron chi connectivity index (χ3n) is 1.50. The van der Waals surface area contributed by atoms with Crippen molar-refractivity contribution in [1.82, 2.24) is 4.98 Å². The molecular weight excluding hydrogens is 190 g/mol. The van der Waals surface area contributed by atoms with Gasteiger partial charge in [0.15, 0.2) is 28.6 Å². The molecule has 0 bridgehead atoms. The van der Waals surface area contributed by atoms with Crippen molar-refractivity contribution in [3.8, 4) is 0 Å². The molecule has 0 saturated heterocycles. The fourth-order valence-electron chi connectivity index (χ4n) is 0.947. The van der Waals surface area contributed by atoms with Crippen molar-refractivity contribution in [2.24, 2.45) is 0 Å². The molecule has 0 radical (unpaired) electrons. The molecule has 0 unspecified atom stereocenters. The van der Waals surface area contributed by atoms with E-state index < -0.39 is 34.7 Å². The number of halogens is 4. The van der Waals surface area contributed by atoms with Gasteiger partial charge in [-0.2, -0.15) is 4.98 Å². The van der Waals surface area contributed by atoms with Gasteiger partial charge in [0, 0.05) is 6.07 Å². The highest BCUT2D eigenvalue weighted by molar-refractivity contribution is 5.72. The maximum Gasteiger partial charge on any atom is 0.382 e. The van der Waals surface area contributed by atoms with Crippen LogP contribution in [0.4, 0.5) is 17.6 Å². The Bertz CT molecular complexity index is 479. The molecule has 0 spiro atoms. The molecule has 1 heterocycles. The average Bonchev–Trinajstić information content (AvgIpc) is 2.42. The van der Waals surface area contributed by atoms with Gasteiger partial charge in [0.05, 0.1) is 0 Å². The first kappa shape index (κ1) is 8.03. The van der Waals surface area contributed by atoms with E-state index in [0.717, 1.165) is 0 Å². The van der Waals surface area contributed by atoms with Gasteiger partial charge >= 0.3 is 6.14 Å². The highest BCUT2D eigenvalue weighted by Crippen LogP contribution is 2.22. The van der Waals surface area contributed by atoms with Gasteiger partial charge in [-0.15, -0.1) is 4.39 Å². The van der Waals surface area contributed by atoms with Gasteiger partial charge in [-0.3, -0.25) is 0 Å². The first-order valence-corrected chi connectivity index (χ1v) is 3.19. The van der Waals surface area contributed by atoms with Crippen LogP contribution in [0, 0.1) is 23.6 Å². The van der Waals surface area contributed by atoms with Gasteiger partial charge in [-0.05, 0) is 0 Å². The smallest absolute Gasteiger partial charge is 0.382 e. The molecule has 0 aliphatic heterocycles. The Kier molecular flexibility index (Phi) is 1.51. The zero-order valence-corrected chi connectivity index (χ0v) is 5.94. The van der Waals surface area contributed by atoms with Crippen LogP contribution in [-0.4, -0.2) is 4.98 Å². The Morgan fingerprint density at radius 3 is 2.46 bits per heavy atom. The Balaban J connectivity index is 2.92. The van der Waals surface area contributed by atoms with E-state index in [1.165, 1.54) is 0 Å². The second-order valence-corrected chi connectivity index (χ2v) is 2.30. The molecule has 0 atom stereocenters. The summed E-state index contributed by atoms with van der Waals surface area (Å²) in [5.41, 5.74) is -1.12. The highest BCUT2D eigenvalue weighted by Gasteiger charge is 2.18. The molecule has 2 aromatic rings. The highest BCUT2D eigenvalue weighted by atomic mass is 19.2. The number of rotatable bonds is 0. The quantitative estimate of drug-likeness (QED) is 0.472. The summed E-state index contributed by atoms with van der Waals surface area (Å²) in [6.45, 7) is 0. The third-order valence-corrected chi connectivity index (χ3v) is 1.50. The van der Waals surface area contributed by atoms with Crippen LogP contribution < -0.4 is 0 Å². The van der Waals surface area contributed by atoms with Crippen LogP contribution in [-0.2, 0) is 0 Å². The lowest BCUT2D eigenvalue weighted by atomic mass is 10.3. The lowest BCUT2D eigenvalue weighted by Crippen LogP contribution is -1.90. The first-order valence-electron chi connectivity index (χ1n) is 3.19. The number of benzene rings is 1. The molecule has 0 aliphatic carbocycles. The van der Waals surface area contributed by atoms with Crippen LogP contribution >= 0.6 is 0 Å². The SMILES string of the molecule is Fc1nc2c(F)c(F)c(F)cc2o1. The molecular formula is C7HF4NO. The monoisotopic (exact) mass is 191 g/mol. The van der Waals surface area contributed by atoms with Crippen LogP contribution in [0.3, 0.4) is 0 Å². The normalized spacial score (nSPS) is 11.1. The topological polar surface area (TPSA) is 26.0 Å². The van der Waals surface area contributed by atoms with Crippen molar-refractivity contribution in [1.29, 1.82) is 0 Å². The maximum absolute atomic E-state index is 12.8. The van der Waals surface area contributed by atoms with Crippen molar-refractivity contribution < 1.29 is 22.0 Å². The number of fused-ring (bicyclic) bond motifs is 1. The summed E-state index contributed by atoms with van der Waals surface area (Å²) in [4.78, 5) is 2.90. The molecule has 0 saturated carbocycles. The van der Waals surface area contributed by atoms with E-state index in [0.29, 0.717) is 6.07 Å². The summed E-state index contributed by atoms with van der Waals surface area (Å²) in [6, 6.07) is 0.532. The fraction of sp³-hybridized carbons (Fsp3) is 0. The first-order chi connectivity index (χ1) is 6.09. The van der Waals surface area contributed by atoms with Crippen LogP contribution in [0.25, 0.3) is 11.1 Å². The van der Waals surface area contributed by atoms with E-state index in [4.69, 9.17) is 0 Å². The van der Waals surface area contributed by atoms with Crippen LogP contribution in [0.2, 0.25) is 0 Å². The average molecular weight is 191 g/mol. The van der Waals surface area contributed by atoms with Gasteiger partial charge in [0.25, 0.3) is 0 Å². The van der Waals surface area contributed by atoms with E-state index in [1.54, 1.807) is 0 Å². The zero-order chi connectivity index (χ0) is 9.59. The van der Waals surface area contributed by atoms with Gasteiger partial charge in [-0.25, -0.2) is 13.2 Å². The van der Waals surface area contributed by atoms with Crippen molar-refractivity contribution in [3.63, 3.8) is 0 Å². The van der Waals surface area contributed by atoms with E-state index in [1.807, 2.05) is 0 Å². The van der Waals surface area contributed by atoms with E-state index in [-0.39, 0.29) is 0 Å². The van der Waals surface area contributed by atoms with Crippen molar-refractivity contribution >= 4 is 11.1 Å². The molecule has 1 aromatic carbocycles. The molecule has 0 aliphatic rings. The maximum atomic E-state index is 12.8. The number of oxazole rings is 1. The lowest BCUT2D eigenvalue weighted by Gasteiger charge is -1.93. The third kappa shape index (κ3) is 1.06. The molecule has 0 amide bonds. The van der Waals surface area contributed by atoms with Crippen LogP contribution in [0.1, 0.15) is 0 Å². The Hall–Kier alpha value is -1.59. The fourth-order valence-corrected chi connectivity index (χ4v) is 0.947. The number of aromatic nitrogens is 1. The summed E-state index contributed by atoms with van der Waals surface area (Å²) < 4.78 is 54.2. The number of hydrogen-bond donors (Lipinski definition) is 0. The van der Waals surface area contributed by atoms with Crippen LogP contribution in [0.15, 0.2) is 10.5 Å². The molecule has 6 heteroatoms. The summed E-state index contributed by atoms with van der Waals surface area (Å²) in [7, 11) is 0. The minimum Gasteiger partial charge on any atom is -0.415 e. The van der Waals surface area contributed by atoms with E-state index in [9.17, 15) is 17.6 Å². The number of nitrogens with zero attached hydrogens (tertiary/aromatic N) is 1. The molecule has 2 nitrogen and oxygen atoms in total. The minimum atomic E-state index is -1.69. The van der Waals surface area contributed by atoms with Crippen molar-refractivity contribution in [3.05, 3.63) is 29.7 Å². The minimum absolute atomic E-state index is 0.464. The van der Waals surface area contributed by atoms with E-state index >= 15 is 0 Å². The van der Waals surface area contributed by atoms with Gasteiger partial charge in [0.2, 0.25) is 0 Å². The summed E-state index contributed by atoms with van der Waals surface area (Å²) in [5, 5.41) is 0. The largest absolute Gasteiger partial charge is 0.415 e. The molecule has 2 rings (SSSR count). The van der Waals surface area contributed by atoms with Gasteiger partial charge < -0.3 is 4.42 Å². The zero-order valence-electron chi connectivity index (χ0n) is 5.94. The van der Waals surface area contributed by atoms with Gasteiger partial charge in [-0.1, -0.05) is 0 Å². The van der Waals surface area contributed by atoms with Gasteiger partial charge in [0.1, 0.15) is 0 Å². The Morgan fingerprint density at radius 2 is 1.77 bits per heavy atom. The standard InChI is InChI=1S/C7HF4NO/c8-2-1-3-6(5(10)4(2)9)12-7(11)13-3/h1H. The molecule has 1 aromatic heterocycles.